The van der Waals surface area contributed by atoms with E-state index >= 15 is 0 Å². The molecule has 0 saturated heterocycles. The van der Waals surface area contributed by atoms with Gasteiger partial charge in [-0.15, -0.1) is 3.89 Å². The summed E-state index contributed by atoms with van der Waals surface area (Å²) in [5.41, 5.74) is 0.0567. The molecule has 1 aromatic rings. The van der Waals surface area contributed by atoms with E-state index in [1.807, 2.05) is 0 Å². The molecule has 0 aliphatic carbocycles. The Morgan fingerprint density at radius 2 is 2.00 bits per heavy atom. The van der Waals surface area contributed by atoms with Crippen molar-refractivity contribution in [2.45, 2.75) is 0 Å². The van der Waals surface area contributed by atoms with Crippen LogP contribution in [0.1, 0.15) is 10.4 Å². The SMILES string of the molecule is COc1ccccc1C(=O)CS(=O)(=O)F. The van der Waals surface area contributed by atoms with Gasteiger partial charge in [0, 0.05) is 0 Å². The largest absolute Gasteiger partial charge is 0.496 e. The predicted molar refractivity (Wildman–Crippen MR) is 52.2 cm³/mol. The minimum absolute atomic E-state index is 0.0567. The van der Waals surface area contributed by atoms with Crippen molar-refractivity contribution >= 4 is 16.0 Å². The Morgan fingerprint density at radius 1 is 1.40 bits per heavy atom. The fourth-order valence-corrected chi connectivity index (χ4v) is 1.58. The van der Waals surface area contributed by atoms with Crippen LogP contribution in [0, 0.1) is 0 Å². The first-order valence-electron chi connectivity index (χ1n) is 4.02. The molecule has 0 spiro atoms. The minimum Gasteiger partial charge on any atom is -0.496 e. The van der Waals surface area contributed by atoms with Gasteiger partial charge < -0.3 is 4.74 Å². The number of ketones is 1. The first-order valence-corrected chi connectivity index (χ1v) is 5.58. The molecule has 0 fully saturated rings. The molecule has 6 heteroatoms. The van der Waals surface area contributed by atoms with Crippen LogP contribution in [0.3, 0.4) is 0 Å². The number of para-hydroxylation sites is 1. The Labute approximate surface area is 86.9 Å². The third kappa shape index (κ3) is 3.32. The van der Waals surface area contributed by atoms with Gasteiger partial charge in [-0.3, -0.25) is 4.79 Å². The fraction of sp³-hybridized carbons (Fsp3) is 0.222. The first-order chi connectivity index (χ1) is 6.94. The summed E-state index contributed by atoms with van der Waals surface area (Å²) in [5.74, 6) is -1.76. The third-order valence-electron chi connectivity index (χ3n) is 1.71. The number of rotatable bonds is 4. The second-order valence-electron chi connectivity index (χ2n) is 2.81. The van der Waals surface area contributed by atoms with Crippen molar-refractivity contribution in [1.29, 1.82) is 0 Å². The minimum atomic E-state index is -4.80. The highest BCUT2D eigenvalue weighted by Gasteiger charge is 2.19. The fourth-order valence-electron chi connectivity index (χ4n) is 1.11. The molecule has 0 aromatic heterocycles. The summed E-state index contributed by atoms with van der Waals surface area (Å²) in [7, 11) is -3.46. The first kappa shape index (κ1) is 11.6. The third-order valence-corrected chi connectivity index (χ3v) is 2.32. The Hall–Kier alpha value is -1.43. The zero-order chi connectivity index (χ0) is 11.5. The number of hydrogen-bond donors (Lipinski definition) is 0. The summed E-state index contributed by atoms with van der Waals surface area (Å²) in [5, 5.41) is 0. The quantitative estimate of drug-likeness (QED) is 0.577. The molecule has 0 bridgehead atoms. The van der Waals surface area contributed by atoms with Gasteiger partial charge in [-0.05, 0) is 12.1 Å². The monoisotopic (exact) mass is 232 g/mol. The highest BCUT2D eigenvalue weighted by atomic mass is 32.3. The molecule has 0 unspecified atom stereocenters. The lowest BCUT2D eigenvalue weighted by Gasteiger charge is -2.05. The molecule has 0 aliphatic rings. The van der Waals surface area contributed by atoms with Crippen molar-refractivity contribution in [2.24, 2.45) is 0 Å². The molecule has 0 aliphatic heterocycles. The molecular formula is C9H9FO4S. The van der Waals surface area contributed by atoms with Gasteiger partial charge in [0.1, 0.15) is 11.5 Å². The molecule has 0 N–H and O–H groups in total. The van der Waals surface area contributed by atoms with Gasteiger partial charge in [-0.2, -0.15) is 8.42 Å². The molecule has 4 nitrogen and oxygen atoms in total. The van der Waals surface area contributed by atoms with Crippen molar-refractivity contribution in [3.05, 3.63) is 29.8 Å². The number of benzene rings is 1. The lowest BCUT2D eigenvalue weighted by Crippen LogP contribution is -2.13. The summed E-state index contributed by atoms with van der Waals surface area (Å²) < 4.78 is 37.7. The van der Waals surface area contributed by atoms with Crippen LogP contribution >= 0.6 is 0 Å². The second-order valence-corrected chi connectivity index (χ2v) is 4.17. The van der Waals surface area contributed by atoms with Crippen LogP contribution in [-0.2, 0) is 10.2 Å². The summed E-state index contributed by atoms with van der Waals surface area (Å²) in [6.07, 6.45) is 0. The van der Waals surface area contributed by atoms with Gasteiger partial charge in [-0.25, -0.2) is 0 Å². The van der Waals surface area contributed by atoms with Gasteiger partial charge in [0.2, 0.25) is 0 Å². The number of hydrogen-bond acceptors (Lipinski definition) is 4. The zero-order valence-corrected chi connectivity index (χ0v) is 8.75. The molecule has 0 radical (unpaired) electrons. The summed E-state index contributed by atoms with van der Waals surface area (Å²) >= 11 is 0. The van der Waals surface area contributed by atoms with Crippen LogP contribution in [0.2, 0.25) is 0 Å². The maximum Gasteiger partial charge on any atom is 0.309 e. The maximum absolute atomic E-state index is 12.3. The molecule has 1 rings (SSSR count). The van der Waals surface area contributed by atoms with Crippen molar-refractivity contribution in [3.63, 3.8) is 0 Å². The van der Waals surface area contributed by atoms with Crippen LogP contribution in [0.25, 0.3) is 0 Å². The maximum atomic E-state index is 12.3. The number of Topliss-reactive ketones (excluding diaryl/α,β-unsaturated/α-hetero) is 1. The van der Waals surface area contributed by atoms with Crippen LogP contribution in [0.15, 0.2) is 24.3 Å². The van der Waals surface area contributed by atoms with Crippen LogP contribution in [0.4, 0.5) is 3.89 Å². The lowest BCUT2D eigenvalue weighted by molar-refractivity contribution is 0.101. The Bertz CT molecular complexity index is 467. The van der Waals surface area contributed by atoms with E-state index in [9.17, 15) is 17.1 Å². The second kappa shape index (κ2) is 4.39. The van der Waals surface area contributed by atoms with Crippen LogP contribution < -0.4 is 4.74 Å². The van der Waals surface area contributed by atoms with E-state index in [1.54, 1.807) is 12.1 Å². The number of methoxy groups -OCH3 is 1. The summed E-state index contributed by atoms with van der Waals surface area (Å²) in [6, 6.07) is 6.05. The number of halogens is 1. The molecule has 0 atom stereocenters. The normalized spacial score (nSPS) is 11.1. The van der Waals surface area contributed by atoms with Gasteiger partial charge in [-0.1, -0.05) is 12.1 Å². The number of carbonyl (C=O) groups is 1. The van der Waals surface area contributed by atoms with Crippen molar-refractivity contribution in [1.82, 2.24) is 0 Å². The molecular weight excluding hydrogens is 223 g/mol. The van der Waals surface area contributed by atoms with E-state index in [0.29, 0.717) is 0 Å². The Morgan fingerprint density at radius 3 is 2.53 bits per heavy atom. The standard InChI is InChI=1S/C9H9FO4S/c1-14-9-5-3-2-4-7(9)8(11)6-15(10,12)13/h2-5H,6H2,1H3. The van der Waals surface area contributed by atoms with E-state index < -0.39 is 21.8 Å². The number of ether oxygens (including phenoxy) is 1. The van der Waals surface area contributed by atoms with Gasteiger partial charge in [0.05, 0.1) is 12.7 Å². The lowest BCUT2D eigenvalue weighted by atomic mass is 10.1. The average Bonchev–Trinajstić information content (AvgIpc) is 2.15. The van der Waals surface area contributed by atoms with Gasteiger partial charge in [0.25, 0.3) is 0 Å². The van der Waals surface area contributed by atoms with E-state index in [2.05, 4.69) is 0 Å². The molecule has 0 heterocycles. The van der Waals surface area contributed by atoms with Crippen molar-refractivity contribution in [3.8, 4) is 5.75 Å². The van der Waals surface area contributed by atoms with E-state index in [1.165, 1.54) is 19.2 Å². The average molecular weight is 232 g/mol. The summed E-state index contributed by atoms with van der Waals surface area (Å²) in [6.45, 7) is 0. The molecule has 0 amide bonds. The smallest absolute Gasteiger partial charge is 0.309 e. The molecule has 15 heavy (non-hydrogen) atoms. The topological polar surface area (TPSA) is 60.4 Å². The van der Waals surface area contributed by atoms with E-state index in [-0.39, 0.29) is 11.3 Å². The van der Waals surface area contributed by atoms with Gasteiger partial charge in [0.15, 0.2) is 5.78 Å². The van der Waals surface area contributed by atoms with Crippen molar-refractivity contribution in [2.75, 3.05) is 12.9 Å². The summed E-state index contributed by atoms with van der Waals surface area (Å²) in [4.78, 5) is 11.3. The zero-order valence-electron chi connectivity index (χ0n) is 7.94. The predicted octanol–water partition coefficient (Wildman–Crippen LogP) is 1.18. The molecule has 1 aromatic carbocycles. The highest BCUT2D eigenvalue weighted by Crippen LogP contribution is 2.18. The van der Waals surface area contributed by atoms with Crippen molar-refractivity contribution < 1.29 is 21.8 Å². The highest BCUT2D eigenvalue weighted by molar-refractivity contribution is 7.87. The van der Waals surface area contributed by atoms with Gasteiger partial charge >= 0.3 is 10.2 Å². The van der Waals surface area contributed by atoms with Crippen LogP contribution in [0.5, 0.6) is 5.75 Å². The molecule has 82 valence electrons. The number of carbonyl (C=O) groups excluding carboxylic acids is 1. The Kier molecular flexibility index (Phi) is 3.41. The van der Waals surface area contributed by atoms with Crippen LogP contribution in [-0.4, -0.2) is 27.1 Å². The van der Waals surface area contributed by atoms with E-state index in [4.69, 9.17) is 4.74 Å². The van der Waals surface area contributed by atoms with E-state index in [0.717, 1.165) is 0 Å². The molecule has 0 saturated carbocycles. The Balaban J connectivity index is 3.01.